The summed E-state index contributed by atoms with van der Waals surface area (Å²) in [6.07, 6.45) is -0.107. The average Bonchev–Trinajstić information content (AvgIpc) is 3.09. The van der Waals surface area contributed by atoms with E-state index in [1.165, 1.54) is 0 Å². The van der Waals surface area contributed by atoms with Crippen LogP contribution in [0.5, 0.6) is 11.5 Å². The van der Waals surface area contributed by atoms with Crippen molar-refractivity contribution in [1.82, 2.24) is 4.90 Å². The lowest BCUT2D eigenvalue weighted by Gasteiger charge is -2.33. The van der Waals surface area contributed by atoms with Gasteiger partial charge >= 0.3 is 0 Å². The Morgan fingerprint density at radius 2 is 1.88 bits per heavy atom. The van der Waals surface area contributed by atoms with Gasteiger partial charge < -0.3 is 19.1 Å². The number of carbonyl (C=O) groups is 1. The second-order valence-electron chi connectivity index (χ2n) is 5.73. The van der Waals surface area contributed by atoms with E-state index < -0.39 is 0 Å². The van der Waals surface area contributed by atoms with Gasteiger partial charge in [0.15, 0.2) is 11.5 Å². The SMILES string of the molecule is O=C(c1ccc2c(c1)OCO2)N1CCOC(c2ccc(Br)cc2)C1. The molecule has 0 bridgehead atoms. The zero-order valence-corrected chi connectivity index (χ0v) is 14.5. The maximum atomic E-state index is 12.8. The first kappa shape index (κ1) is 15.5. The summed E-state index contributed by atoms with van der Waals surface area (Å²) in [4.78, 5) is 14.6. The minimum atomic E-state index is -0.107. The molecule has 4 rings (SSSR count). The third-order valence-electron chi connectivity index (χ3n) is 4.21. The number of ether oxygens (including phenoxy) is 3. The Hall–Kier alpha value is -2.05. The standard InChI is InChI=1S/C18H16BrNO4/c19-14-4-1-12(2-5-14)17-10-20(7-8-22-17)18(21)13-3-6-15-16(9-13)24-11-23-15/h1-6,9,17H,7-8,10-11H2. The molecule has 0 aliphatic carbocycles. The molecule has 2 aliphatic rings. The second kappa shape index (κ2) is 6.45. The molecule has 2 aromatic carbocycles. The summed E-state index contributed by atoms with van der Waals surface area (Å²) in [6, 6.07) is 13.3. The van der Waals surface area contributed by atoms with Gasteiger partial charge in [0.2, 0.25) is 6.79 Å². The molecule has 0 saturated carbocycles. The number of amides is 1. The van der Waals surface area contributed by atoms with E-state index in [1.807, 2.05) is 29.2 Å². The number of hydrogen-bond donors (Lipinski definition) is 0. The minimum absolute atomic E-state index is 0.0151. The number of nitrogens with zero attached hydrogens (tertiary/aromatic N) is 1. The third kappa shape index (κ3) is 2.99. The topological polar surface area (TPSA) is 48.0 Å². The van der Waals surface area contributed by atoms with Crippen molar-refractivity contribution in [2.75, 3.05) is 26.5 Å². The van der Waals surface area contributed by atoms with E-state index in [9.17, 15) is 4.79 Å². The van der Waals surface area contributed by atoms with Crippen molar-refractivity contribution >= 4 is 21.8 Å². The van der Waals surface area contributed by atoms with Crippen molar-refractivity contribution in [3.8, 4) is 11.5 Å². The maximum Gasteiger partial charge on any atom is 0.254 e. The van der Waals surface area contributed by atoms with E-state index >= 15 is 0 Å². The molecule has 0 aromatic heterocycles. The molecular weight excluding hydrogens is 374 g/mol. The molecule has 6 heteroatoms. The molecule has 2 aromatic rings. The van der Waals surface area contributed by atoms with Crippen molar-refractivity contribution in [3.63, 3.8) is 0 Å². The van der Waals surface area contributed by atoms with Crippen LogP contribution in [-0.4, -0.2) is 37.3 Å². The molecule has 2 heterocycles. The monoisotopic (exact) mass is 389 g/mol. The van der Waals surface area contributed by atoms with Crippen LogP contribution in [0.2, 0.25) is 0 Å². The fourth-order valence-corrected chi connectivity index (χ4v) is 3.19. The Bertz CT molecular complexity index is 762. The average molecular weight is 390 g/mol. The van der Waals surface area contributed by atoms with Crippen LogP contribution < -0.4 is 9.47 Å². The molecule has 1 atom stereocenters. The molecule has 1 fully saturated rings. The van der Waals surface area contributed by atoms with Crippen LogP contribution in [0.25, 0.3) is 0 Å². The van der Waals surface area contributed by atoms with Crippen molar-refractivity contribution in [1.29, 1.82) is 0 Å². The van der Waals surface area contributed by atoms with E-state index in [-0.39, 0.29) is 18.8 Å². The third-order valence-corrected chi connectivity index (χ3v) is 4.74. The van der Waals surface area contributed by atoms with Gasteiger partial charge in [0.1, 0.15) is 6.10 Å². The van der Waals surface area contributed by atoms with Crippen LogP contribution in [0.4, 0.5) is 0 Å². The summed E-state index contributed by atoms with van der Waals surface area (Å²) in [5, 5.41) is 0. The van der Waals surface area contributed by atoms with Gasteiger partial charge in [-0.2, -0.15) is 0 Å². The smallest absolute Gasteiger partial charge is 0.254 e. The van der Waals surface area contributed by atoms with Gasteiger partial charge in [-0.15, -0.1) is 0 Å². The highest BCUT2D eigenvalue weighted by atomic mass is 79.9. The number of fused-ring (bicyclic) bond motifs is 1. The molecule has 1 amide bonds. The van der Waals surface area contributed by atoms with Crippen molar-refractivity contribution in [3.05, 3.63) is 58.1 Å². The quantitative estimate of drug-likeness (QED) is 0.789. The summed E-state index contributed by atoms with van der Waals surface area (Å²) >= 11 is 3.43. The van der Waals surface area contributed by atoms with E-state index in [0.717, 1.165) is 10.0 Å². The molecule has 124 valence electrons. The number of morpholine rings is 1. The Balaban J connectivity index is 1.51. The largest absolute Gasteiger partial charge is 0.454 e. The summed E-state index contributed by atoms with van der Waals surface area (Å²) in [5.74, 6) is 1.29. The molecule has 0 spiro atoms. The van der Waals surface area contributed by atoms with E-state index in [2.05, 4.69) is 15.9 Å². The Morgan fingerprint density at radius 3 is 2.71 bits per heavy atom. The van der Waals surface area contributed by atoms with Gasteiger partial charge in [-0.25, -0.2) is 0 Å². The molecule has 2 aliphatic heterocycles. The molecule has 1 saturated heterocycles. The maximum absolute atomic E-state index is 12.8. The van der Waals surface area contributed by atoms with Crippen LogP contribution in [0.3, 0.4) is 0 Å². The molecule has 5 nitrogen and oxygen atoms in total. The predicted molar refractivity (Wildman–Crippen MR) is 91.3 cm³/mol. The summed E-state index contributed by atoms with van der Waals surface area (Å²) in [7, 11) is 0. The van der Waals surface area contributed by atoms with Crippen LogP contribution in [0.15, 0.2) is 46.9 Å². The van der Waals surface area contributed by atoms with Crippen molar-refractivity contribution in [2.24, 2.45) is 0 Å². The molecule has 0 radical (unpaired) electrons. The van der Waals surface area contributed by atoms with Gasteiger partial charge in [-0.1, -0.05) is 28.1 Å². The van der Waals surface area contributed by atoms with Crippen molar-refractivity contribution in [2.45, 2.75) is 6.10 Å². The van der Waals surface area contributed by atoms with Crippen LogP contribution >= 0.6 is 15.9 Å². The van der Waals surface area contributed by atoms with Crippen LogP contribution in [0, 0.1) is 0 Å². The highest BCUT2D eigenvalue weighted by Crippen LogP contribution is 2.33. The number of benzene rings is 2. The fourth-order valence-electron chi connectivity index (χ4n) is 2.92. The lowest BCUT2D eigenvalue weighted by molar-refractivity contribution is -0.0228. The molecule has 24 heavy (non-hydrogen) atoms. The number of hydrogen-bond acceptors (Lipinski definition) is 4. The highest BCUT2D eigenvalue weighted by Gasteiger charge is 2.27. The first-order valence-corrected chi connectivity index (χ1v) is 8.56. The first-order valence-electron chi connectivity index (χ1n) is 7.77. The molecular formula is C18H16BrNO4. The first-order chi connectivity index (χ1) is 11.7. The lowest BCUT2D eigenvalue weighted by Crippen LogP contribution is -2.42. The molecule has 1 unspecified atom stereocenters. The summed E-state index contributed by atoms with van der Waals surface area (Å²) in [6.45, 7) is 1.85. The summed E-state index contributed by atoms with van der Waals surface area (Å²) < 4.78 is 17.5. The summed E-state index contributed by atoms with van der Waals surface area (Å²) in [5.41, 5.74) is 1.68. The van der Waals surface area contributed by atoms with Gasteiger partial charge in [0.05, 0.1) is 13.2 Å². The van der Waals surface area contributed by atoms with Gasteiger partial charge in [-0.3, -0.25) is 4.79 Å². The Morgan fingerprint density at radius 1 is 1.08 bits per heavy atom. The van der Waals surface area contributed by atoms with E-state index in [1.54, 1.807) is 18.2 Å². The number of carbonyl (C=O) groups excluding carboxylic acids is 1. The zero-order chi connectivity index (χ0) is 16.5. The van der Waals surface area contributed by atoms with Crippen molar-refractivity contribution < 1.29 is 19.0 Å². The Kier molecular flexibility index (Phi) is 4.16. The number of rotatable bonds is 2. The number of halogens is 1. The van der Waals surface area contributed by atoms with Gasteiger partial charge in [0, 0.05) is 16.6 Å². The van der Waals surface area contributed by atoms with E-state index in [0.29, 0.717) is 36.8 Å². The van der Waals surface area contributed by atoms with Gasteiger partial charge in [0.25, 0.3) is 5.91 Å². The lowest BCUT2D eigenvalue weighted by atomic mass is 10.1. The molecule has 0 N–H and O–H groups in total. The zero-order valence-electron chi connectivity index (χ0n) is 12.9. The van der Waals surface area contributed by atoms with Gasteiger partial charge in [-0.05, 0) is 35.9 Å². The predicted octanol–water partition coefficient (Wildman–Crippen LogP) is 3.39. The Labute approximate surface area is 148 Å². The van der Waals surface area contributed by atoms with Crippen LogP contribution in [0.1, 0.15) is 22.0 Å². The van der Waals surface area contributed by atoms with E-state index in [4.69, 9.17) is 14.2 Å². The fraction of sp³-hybridized carbons (Fsp3) is 0.278. The second-order valence-corrected chi connectivity index (χ2v) is 6.65. The normalized spacial score (nSPS) is 19.4. The van der Waals surface area contributed by atoms with Crippen LogP contribution in [-0.2, 0) is 4.74 Å². The minimum Gasteiger partial charge on any atom is -0.454 e. The highest BCUT2D eigenvalue weighted by molar-refractivity contribution is 9.10.